The van der Waals surface area contributed by atoms with E-state index in [0.29, 0.717) is 5.13 Å². The molecule has 4 nitrogen and oxygen atoms in total. The minimum absolute atomic E-state index is 0.660. The van der Waals surface area contributed by atoms with Gasteiger partial charge in [-0.2, -0.15) is 0 Å². The molecule has 0 bridgehead atoms. The average Bonchev–Trinajstić information content (AvgIpc) is 2.85. The van der Waals surface area contributed by atoms with Gasteiger partial charge in [0.15, 0.2) is 5.13 Å². The maximum Gasteiger partial charge on any atom is 0.181 e. The summed E-state index contributed by atoms with van der Waals surface area (Å²) in [7, 11) is 0. The van der Waals surface area contributed by atoms with Crippen LogP contribution >= 0.6 is 11.3 Å². The van der Waals surface area contributed by atoms with Crippen LogP contribution in [-0.4, -0.2) is 54.1 Å². The Morgan fingerprint density at radius 3 is 2.70 bits per heavy atom. The van der Waals surface area contributed by atoms with Crippen LogP contribution in [0.25, 0.3) is 10.2 Å². The lowest BCUT2D eigenvalue weighted by Gasteiger charge is -2.34. The minimum atomic E-state index is 0.660. The summed E-state index contributed by atoms with van der Waals surface area (Å²) in [6.45, 7) is 9.38. The predicted octanol–water partition coefficient (Wildman–Crippen LogP) is 2.06. The van der Waals surface area contributed by atoms with E-state index in [-0.39, 0.29) is 0 Å². The van der Waals surface area contributed by atoms with Gasteiger partial charge in [-0.15, -0.1) is 0 Å². The monoisotopic (exact) mass is 290 g/mol. The number of rotatable bonds is 4. The van der Waals surface area contributed by atoms with Crippen LogP contribution in [0.2, 0.25) is 0 Å². The maximum atomic E-state index is 5.75. The van der Waals surface area contributed by atoms with E-state index in [4.69, 9.17) is 5.73 Å². The molecular weight excluding hydrogens is 268 g/mol. The first-order chi connectivity index (χ1) is 9.74. The van der Waals surface area contributed by atoms with Gasteiger partial charge in [0.1, 0.15) is 0 Å². The number of hydrogen-bond acceptors (Lipinski definition) is 5. The lowest BCUT2D eigenvalue weighted by molar-refractivity contribution is 0.138. The van der Waals surface area contributed by atoms with Crippen molar-refractivity contribution in [2.45, 2.75) is 13.3 Å². The fraction of sp³-hybridized carbons (Fsp3) is 0.533. The van der Waals surface area contributed by atoms with Crippen molar-refractivity contribution in [2.24, 2.45) is 0 Å². The third-order valence-corrected chi connectivity index (χ3v) is 4.95. The van der Waals surface area contributed by atoms with Crippen molar-refractivity contribution in [1.29, 1.82) is 0 Å². The van der Waals surface area contributed by atoms with Crippen LogP contribution in [0.3, 0.4) is 0 Å². The van der Waals surface area contributed by atoms with Crippen LogP contribution in [0.1, 0.15) is 12.5 Å². The van der Waals surface area contributed by atoms with Gasteiger partial charge in [0.05, 0.1) is 10.2 Å². The second kappa shape index (κ2) is 6.08. The fourth-order valence-corrected chi connectivity index (χ4v) is 3.56. The van der Waals surface area contributed by atoms with Crippen molar-refractivity contribution >= 4 is 26.7 Å². The number of piperazine rings is 1. The van der Waals surface area contributed by atoms with Crippen molar-refractivity contribution in [3.8, 4) is 0 Å². The molecule has 2 heterocycles. The SMILES string of the molecule is CCN1CCN(CCc2ccc3nc(N)sc3c2)CC1. The summed E-state index contributed by atoms with van der Waals surface area (Å²) < 4.78 is 1.20. The Hall–Kier alpha value is -1.17. The summed E-state index contributed by atoms with van der Waals surface area (Å²) in [6.07, 6.45) is 1.11. The molecule has 0 unspecified atom stereocenters. The molecule has 1 saturated heterocycles. The fourth-order valence-electron chi connectivity index (χ4n) is 2.76. The molecule has 0 spiro atoms. The molecular formula is C15H22N4S. The zero-order valence-corrected chi connectivity index (χ0v) is 12.8. The molecule has 1 aromatic carbocycles. The predicted molar refractivity (Wildman–Crippen MR) is 86.3 cm³/mol. The van der Waals surface area contributed by atoms with E-state index in [1.54, 1.807) is 11.3 Å². The van der Waals surface area contributed by atoms with Crippen molar-refractivity contribution in [1.82, 2.24) is 14.8 Å². The Morgan fingerprint density at radius 2 is 1.95 bits per heavy atom. The topological polar surface area (TPSA) is 45.4 Å². The van der Waals surface area contributed by atoms with E-state index in [2.05, 4.69) is 39.9 Å². The van der Waals surface area contributed by atoms with E-state index in [0.717, 1.165) is 18.5 Å². The first kappa shape index (κ1) is 13.8. The molecule has 0 atom stereocenters. The molecule has 108 valence electrons. The zero-order chi connectivity index (χ0) is 13.9. The first-order valence-electron chi connectivity index (χ1n) is 7.34. The minimum Gasteiger partial charge on any atom is -0.375 e. The summed E-state index contributed by atoms with van der Waals surface area (Å²) >= 11 is 1.58. The van der Waals surface area contributed by atoms with Gasteiger partial charge in [0.25, 0.3) is 0 Å². The second-order valence-corrected chi connectivity index (χ2v) is 6.44. The third-order valence-electron chi connectivity index (χ3n) is 4.10. The standard InChI is InChI=1S/C15H22N4S/c1-2-18-7-9-19(10-8-18)6-5-12-3-4-13-14(11-12)20-15(16)17-13/h3-4,11H,2,5-10H2,1H3,(H2,16,17). The largest absolute Gasteiger partial charge is 0.375 e. The van der Waals surface area contributed by atoms with Gasteiger partial charge < -0.3 is 15.5 Å². The number of anilines is 1. The highest BCUT2D eigenvalue weighted by Crippen LogP contribution is 2.24. The molecule has 2 N–H and O–H groups in total. The highest BCUT2D eigenvalue weighted by Gasteiger charge is 2.14. The first-order valence-corrected chi connectivity index (χ1v) is 8.16. The second-order valence-electron chi connectivity index (χ2n) is 5.38. The van der Waals surface area contributed by atoms with Crippen molar-refractivity contribution in [2.75, 3.05) is 45.0 Å². The molecule has 1 aliphatic heterocycles. The maximum absolute atomic E-state index is 5.75. The van der Waals surface area contributed by atoms with E-state index in [1.807, 2.05) is 0 Å². The van der Waals surface area contributed by atoms with Crippen LogP contribution in [-0.2, 0) is 6.42 Å². The molecule has 1 aromatic heterocycles. The van der Waals surface area contributed by atoms with Crippen molar-refractivity contribution in [3.05, 3.63) is 23.8 Å². The van der Waals surface area contributed by atoms with E-state index < -0.39 is 0 Å². The molecule has 2 aromatic rings. The highest BCUT2D eigenvalue weighted by atomic mass is 32.1. The third kappa shape index (κ3) is 3.11. The Labute approximate surface area is 124 Å². The van der Waals surface area contributed by atoms with Crippen molar-refractivity contribution in [3.63, 3.8) is 0 Å². The Bertz CT molecular complexity index is 572. The van der Waals surface area contributed by atoms with Crippen LogP contribution in [0, 0.1) is 0 Å². The number of nitrogens with two attached hydrogens (primary N) is 1. The number of aromatic nitrogens is 1. The number of nitrogens with zero attached hydrogens (tertiary/aromatic N) is 3. The van der Waals surface area contributed by atoms with Gasteiger partial charge in [-0.05, 0) is 30.7 Å². The van der Waals surface area contributed by atoms with E-state index in [1.165, 1.54) is 43.0 Å². The van der Waals surface area contributed by atoms with Gasteiger partial charge in [0.2, 0.25) is 0 Å². The summed E-state index contributed by atoms with van der Waals surface area (Å²) in [5.74, 6) is 0. The molecule has 0 aliphatic carbocycles. The van der Waals surface area contributed by atoms with Crippen LogP contribution in [0.4, 0.5) is 5.13 Å². The Balaban J connectivity index is 1.57. The normalized spacial score (nSPS) is 17.9. The van der Waals surface area contributed by atoms with Gasteiger partial charge in [0, 0.05) is 32.7 Å². The molecule has 1 aliphatic rings. The van der Waals surface area contributed by atoms with E-state index in [9.17, 15) is 0 Å². The smallest absolute Gasteiger partial charge is 0.181 e. The summed E-state index contributed by atoms with van der Waals surface area (Å²) in [5.41, 5.74) is 8.16. The number of thiazole rings is 1. The number of likely N-dealkylation sites (N-methyl/N-ethyl adjacent to an activating group) is 1. The van der Waals surface area contributed by atoms with E-state index >= 15 is 0 Å². The van der Waals surface area contributed by atoms with Crippen LogP contribution < -0.4 is 5.73 Å². The van der Waals surface area contributed by atoms with Gasteiger partial charge >= 0.3 is 0 Å². The Kier molecular flexibility index (Phi) is 4.19. The summed E-state index contributed by atoms with van der Waals surface area (Å²) in [4.78, 5) is 9.39. The molecule has 0 radical (unpaired) electrons. The Morgan fingerprint density at radius 1 is 1.20 bits per heavy atom. The van der Waals surface area contributed by atoms with Gasteiger partial charge in [-0.1, -0.05) is 24.3 Å². The number of hydrogen-bond donors (Lipinski definition) is 1. The summed E-state index contributed by atoms with van der Waals surface area (Å²) in [5, 5.41) is 0.660. The lowest BCUT2D eigenvalue weighted by Crippen LogP contribution is -2.46. The number of benzene rings is 1. The highest BCUT2D eigenvalue weighted by molar-refractivity contribution is 7.22. The zero-order valence-electron chi connectivity index (χ0n) is 12.0. The van der Waals surface area contributed by atoms with Gasteiger partial charge in [-0.3, -0.25) is 0 Å². The van der Waals surface area contributed by atoms with Crippen molar-refractivity contribution < 1.29 is 0 Å². The average molecular weight is 290 g/mol. The molecule has 3 rings (SSSR count). The van der Waals surface area contributed by atoms with Crippen LogP contribution in [0.5, 0.6) is 0 Å². The number of nitrogen functional groups attached to an aromatic ring is 1. The molecule has 20 heavy (non-hydrogen) atoms. The van der Waals surface area contributed by atoms with Gasteiger partial charge in [-0.25, -0.2) is 4.98 Å². The van der Waals surface area contributed by atoms with Crippen LogP contribution in [0.15, 0.2) is 18.2 Å². The molecule has 0 saturated carbocycles. The molecule has 5 heteroatoms. The lowest BCUT2D eigenvalue weighted by atomic mass is 10.1. The quantitative estimate of drug-likeness (QED) is 0.936. The number of fused-ring (bicyclic) bond motifs is 1. The molecule has 1 fully saturated rings. The molecule has 0 amide bonds. The summed E-state index contributed by atoms with van der Waals surface area (Å²) in [6, 6.07) is 6.52.